The molecule has 2 aliphatic heterocycles. The first-order valence-corrected chi connectivity index (χ1v) is 11.3. The standard InChI is InChI=1S/C22H20N2O5S/c25-22(21-4-2-11-28-21)24-10-1-3-15-13-17(5-7-19(15)24)23-30(26,27)18-6-8-20-16(14-18)9-12-29-20/h2,4-8,11,13-14,23H,1,3,9-10,12H2. The minimum Gasteiger partial charge on any atom is -0.493 e. The van der Waals surface area contributed by atoms with E-state index in [2.05, 4.69) is 4.72 Å². The highest BCUT2D eigenvalue weighted by Gasteiger charge is 2.26. The van der Waals surface area contributed by atoms with E-state index in [4.69, 9.17) is 9.15 Å². The fourth-order valence-corrected chi connectivity index (χ4v) is 5.05. The Kier molecular flexibility index (Phi) is 4.51. The van der Waals surface area contributed by atoms with Gasteiger partial charge in [-0.25, -0.2) is 8.42 Å². The summed E-state index contributed by atoms with van der Waals surface area (Å²) in [6, 6.07) is 13.5. The number of anilines is 2. The Bertz CT molecular complexity index is 1220. The lowest BCUT2D eigenvalue weighted by Gasteiger charge is -2.29. The van der Waals surface area contributed by atoms with Crippen LogP contribution in [0.25, 0.3) is 0 Å². The van der Waals surface area contributed by atoms with Gasteiger partial charge in [0.1, 0.15) is 5.75 Å². The fourth-order valence-electron chi connectivity index (χ4n) is 3.95. The van der Waals surface area contributed by atoms with Crippen LogP contribution in [0, 0.1) is 0 Å². The summed E-state index contributed by atoms with van der Waals surface area (Å²) in [7, 11) is -3.73. The molecule has 8 heteroatoms. The van der Waals surface area contributed by atoms with E-state index in [0.29, 0.717) is 25.3 Å². The van der Waals surface area contributed by atoms with Gasteiger partial charge in [0.05, 0.1) is 17.8 Å². The molecule has 0 bridgehead atoms. The van der Waals surface area contributed by atoms with E-state index in [9.17, 15) is 13.2 Å². The van der Waals surface area contributed by atoms with E-state index in [1.54, 1.807) is 53.4 Å². The minimum absolute atomic E-state index is 0.199. The Labute approximate surface area is 174 Å². The van der Waals surface area contributed by atoms with Crippen LogP contribution in [0.1, 0.15) is 28.1 Å². The summed E-state index contributed by atoms with van der Waals surface area (Å²) >= 11 is 0. The van der Waals surface area contributed by atoms with Gasteiger partial charge in [-0.05, 0) is 72.5 Å². The first kappa shape index (κ1) is 18.7. The van der Waals surface area contributed by atoms with Gasteiger partial charge in [-0.2, -0.15) is 0 Å². The summed E-state index contributed by atoms with van der Waals surface area (Å²) in [6.45, 7) is 1.17. The Balaban J connectivity index is 1.41. The van der Waals surface area contributed by atoms with E-state index in [-0.39, 0.29) is 16.6 Å². The quantitative estimate of drug-likeness (QED) is 0.691. The van der Waals surface area contributed by atoms with E-state index < -0.39 is 10.0 Å². The Morgan fingerprint density at radius 2 is 1.93 bits per heavy atom. The molecule has 0 spiro atoms. The molecule has 2 aromatic carbocycles. The molecule has 30 heavy (non-hydrogen) atoms. The zero-order valence-corrected chi connectivity index (χ0v) is 16.9. The molecule has 3 aromatic rings. The second kappa shape index (κ2) is 7.21. The van der Waals surface area contributed by atoms with Crippen molar-refractivity contribution in [2.45, 2.75) is 24.2 Å². The number of sulfonamides is 1. The van der Waals surface area contributed by atoms with Gasteiger partial charge in [0.15, 0.2) is 5.76 Å². The van der Waals surface area contributed by atoms with Crippen molar-refractivity contribution in [3.05, 3.63) is 71.7 Å². The average molecular weight is 424 g/mol. The number of nitrogens with one attached hydrogen (secondary N) is 1. The highest BCUT2D eigenvalue weighted by atomic mass is 32.2. The van der Waals surface area contributed by atoms with E-state index >= 15 is 0 Å². The molecule has 0 unspecified atom stereocenters. The lowest BCUT2D eigenvalue weighted by molar-refractivity contribution is 0.0958. The van der Waals surface area contributed by atoms with Crippen molar-refractivity contribution >= 4 is 27.3 Å². The predicted octanol–water partition coefficient (Wildman–Crippen LogP) is 3.61. The number of carbonyl (C=O) groups excluding carboxylic acids is 1. The molecule has 0 saturated carbocycles. The molecule has 1 aromatic heterocycles. The molecule has 0 aliphatic carbocycles. The van der Waals surface area contributed by atoms with Gasteiger partial charge in [-0.15, -0.1) is 0 Å². The summed E-state index contributed by atoms with van der Waals surface area (Å²) in [5, 5.41) is 0. The number of ether oxygens (including phenoxy) is 1. The number of hydrogen-bond donors (Lipinski definition) is 1. The van der Waals surface area contributed by atoms with Gasteiger partial charge < -0.3 is 14.1 Å². The number of fused-ring (bicyclic) bond motifs is 2. The van der Waals surface area contributed by atoms with E-state index in [0.717, 1.165) is 35.4 Å². The normalized spacial score (nSPS) is 15.3. The number of nitrogens with zero attached hydrogens (tertiary/aromatic N) is 1. The number of aryl methyl sites for hydroxylation is 1. The van der Waals surface area contributed by atoms with Gasteiger partial charge in [0.25, 0.3) is 15.9 Å². The number of carbonyl (C=O) groups is 1. The summed E-state index contributed by atoms with van der Waals surface area (Å²) < 4.78 is 39.1. The number of amides is 1. The SMILES string of the molecule is O=C(c1ccco1)N1CCCc2cc(NS(=O)(=O)c3ccc4c(c3)CCO4)ccc21. The van der Waals surface area contributed by atoms with Crippen molar-refractivity contribution in [2.24, 2.45) is 0 Å². The molecule has 0 saturated heterocycles. The maximum absolute atomic E-state index is 12.9. The molecular weight excluding hydrogens is 404 g/mol. The monoisotopic (exact) mass is 424 g/mol. The van der Waals surface area contributed by atoms with Crippen LogP contribution in [-0.4, -0.2) is 27.5 Å². The fraction of sp³-hybridized carbons (Fsp3) is 0.227. The largest absolute Gasteiger partial charge is 0.493 e. The third-order valence-corrected chi connectivity index (χ3v) is 6.78. The van der Waals surface area contributed by atoms with Gasteiger partial charge in [-0.1, -0.05) is 0 Å². The summed E-state index contributed by atoms with van der Waals surface area (Å²) in [5.74, 6) is 0.826. The van der Waals surface area contributed by atoms with Gasteiger partial charge in [0, 0.05) is 24.3 Å². The Morgan fingerprint density at radius 1 is 1.03 bits per heavy atom. The topological polar surface area (TPSA) is 88.9 Å². The van der Waals surface area contributed by atoms with Crippen molar-refractivity contribution in [3.63, 3.8) is 0 Å². The second-order valence-electron chi connectivity index (χ2n) is 7.35. The van der Waals surface area contributed by atoms with Gasteiger partial charge >= 0.3 is 0 Å². The average Bonchev–Trinajstić information content (AvgIpc) is 3.43. The van der Waals surface area contributed by atoms with Crippen molar-refractivity contribution in [1.29, 1.82) is 0 Å². The molecule has 0 fully saturated rings. The molecule has 7 nitrogen and oxygen atoms in total. The molecule has 1 amide bonds. The van der Waals surface area contributed by atoms with Crippen molar-refractivity contribution in [3.8, 4) is 5.75 Å². The lowest BCUT2D eigenvalue weighted by Crippen LogP contribution is -2.35. The zero-order valence-electron chi connectivity index (χ0n) is 16.1. The van der Waals surface area contributed by atoms with E-state index in [1.165, 1.54) is 6.26 Å². The number of furan rings is 1. The van der Waals surface area contributed by atoms with Crippen LogP contribution in [0.2, 0.25) is 0 Å². The second-order valence-corrected chi connectivity index (χ2v) is 9.04. The van der Waals surface area contributed by atoms with Crippen LogP contribution >= 0.6 is 0 Å². The van der Waals surface area contributed by atoms with E-state index in [1.807, 2.05) is 0 Å². The highest BCUT2D eigenvalue weighted by molar-refractivity contribution is 7.92. The zero-order chi connectivity index (χ0) is 20.7. The van der Waals surface area contributed by atoms with Crippen LogP contribution in [0.3, 0.4) is 0 Å². The van der Waals surface area contributed by atoms with Crippen LogP contribution in [0.5, 0.6) is 5.75 Å². The third-order valence-electron chi connectivity index (χ3n) is 5.40. The third kappa shape index (κ3) is 3.33. The Hall–Kier alpha value is -3.26. The molecule has 0 radical (unpaired) electrons. The van der Waals surface area contributed by atoms with Crippen molar-refractivity contribution < 1.29 is 22.4 Å². The number of hydrogen-bond acceptors (Lipinski definition) is 5. The molecule has 2 aliphatic rings. The molecular formula is C22H20N2O5S. The Morgan fingerprint density at radius 3 is 2.77 bits per heavy atom. The lowest BCUT2D eigenvalue weighted by atomic mass is 10.0. The highest BCUT2D eigenvalue weighted by Crippen LogP contribution is 2.32. The first-order valence-electron chi connectivity index (χ1n) is 9.78. The van der Waals surface area contributed by atoms with Crippen molar-refractivity contribution in [2.75, 3.05) is 22.8 Å². The molecule has 3 heterocycles. The van der Waals surface area contributed by atoms with Crippen molar-refractivity contribution in [1.82, 2.24) is 0 Å². The molecule has 154 valence electrons. The van der Waals surface area contributed by atoms with Crippen LogP contribution in [-0.2, 0) is 22.9 Å². The van der Waals surface area contributed by atoms with Crippen LogP contribution < -0.4 is 14.4 Å². The summed E-state index contributed by atoms with van der Waals surface area (Å²) in [6.07, 6.45) is 3.74. The van der Waals surface area contributed by atoms with Gasteiger partial charge in [-0.3, -0.25) is 9.52 Å². The van der Waals surface area contributed by atoms with Gasteiger partial charge in [0.2, 0.25) is 0 Å². The van der Waals surface area contributed by atoms with Crippen LogP contribution in [0.4, 0.5) is 11.4 Å². The number of rotatable bonds is 4. The summed E-state index contributed by atoms with van der Waals surface area (Å²) in [4.78, 5) is 14.6. The first-order chi connectivity index (χ1) is 14.5. The minimum atomic E-state index is -3.73. The molecule has 5 rings (SSSR count). The van der Waals surface area contributed by atoms with Crippen LogP contribution in [0.15, 0.2) is 64.1 Å². The molecule has 1 N–H and O–H groups in total. The summed E-state index contributed by atoms with van der Waals surface area (Å²) in [5.41, 5.74) is 3.07. The maximum Gasteiger partial charge on any atom is 0.293 e. The maximum atomic E-state index is 12.9. The molecule has 0 atom stereocenters. The smallest absolute Gasteiger partial charge is 0.293 e. The predicted molar refractivity (Wildman–Crippen MR) is 112 cm³/mol. The number of benzene rings is 2.